The number of nitrogens with one attached hydrogen (secondary N) is 3. The number of ether oxygens (including phenoxy) is 2. The first-order chi connectivity index (χ1) is 23.4. The van der Waals surface area contributed by atoms with E-state index in [1.165, 1.54) is 32.4 Å². The van der Waals surface area contributed by atoms with Crippen molar-refractivity contribution in [3.63, 3.8) is 0 Å². The fourth-order valence-corrected chi connectivity index (χ4v) is 7.28. The number of likely N-dealkylation sites (tertiary alicyclic amines) is 1. The number of anilines is 1. The minimum atomic E-state index is -4.50. The van der Waals surface area contributed by atoms with Gasteiger partial charge in [-0.05, 0) is 56.2 Å². The third kappa shape index (κ3) is 7.78. The van der Waals surface area contributed by atoms with Gasteiger partial charge in [-0.3, -0.25) is 14.5 Å². The lowest BCUT2D eigenvalue weighted by atomic mass is 9.90. The van der Waals surface area contributed by atoms with Crippen molar-refractivity contribution in [3.8, 4) is 17.6 Å². The summed E-state index contributed by atoms with van der Waals surface area (Å²) in [5.41, 5.74) is 0.882. The van der Waals surface area contributed by atoms with Gasteiger partial charge in [0.2, 0.25) is 0 Å². The van der Waals surface area contributed by atoms with E-state index in [1.807, 2.05) is 0 Å². The van der Waals surface area contributed by atoms with Gasteiger partial charge in [0.25, 0.3) is 11.8 Å². The zero-order valence-corrected chi connectivity index (χ0v) is 27.6. The Hall–Kier alpha value is -4.35. The summed E-state index contributed by atoms with van der Waals surface area (Å²) in [6.07, 6.45) is 2.35. The quantitative estimate of drug-likeness (QED) is 0.233. The summed E-state index contributed by atoms with van der Waals surface area (Å²) in [5, 5.41) is 8.50. The van der Waals surface area contributed by atoms with Gasteiger partial charge in [-0.25, -0.2) is 9.37 Å². The van der Waals surface area contributed by atoms with Crippen LogP contribution in [-0.2, 0) is 11.3 Å². The van der Waals surface area contributed by atoms with Crippen LogP contribution in [0.15, 0.2) is 30.6 Å². The SMILES string of the molecule is CNC(=O)c1cc(NCC#Cc2cc(C(=O)N[C@H]3CCN(C4CC5CCC(C4)O5)C[C@@H]3C)c3ncn(CC(F)(F)F)c3c2)c(OC)cc1F. The highest BCUT2D eigenvalue weighted by Gasteiger charge is 2.40. The summed E-state index contributed by atoms with van der Waals surface area (Å²) in [4.78, 5) is 32.6. The van der Waals surface area contributed by atoms with Gasteiger partial charge in [-0.1, -0.05) is 18.8 Å². The van der Waals surface area contributed by atoms with Gasteiger partial charge in [0.1, 0.15) is 23.6 Å². The predicted molar refractivity (Wildman–Crippen MR) is 175 cm³/mol. The molecule has 3 aromatic rings. The van der Waals surface area contributed by atoms with Crippen LogP contribution < -0.4 is 20.7 Å². The van der Waals surface area contributed by atoms with Gasteiger partial charge < -0.3 is 30.0 Å². The molecule has 3 saturated heterocycles. The van der Waals surface area contributed by atoms with Crippen LogP contribution in [0.5, 0.6) is 5.75 Å². The maximum Gasteiger partial charge on any atom is 0.406 e. The second-order valence-corrected chi connectivity index (χ2v) is 13.1. The highest BCUT2D eigenvalue weighted by Crippen LogP contribution is 2.36. The van der Waals surface area contributed by atoms with Crippen molar-refractivity contribution >= 4 is 28.5 Å². The highest BCUT2D eigenvalue weighted by molar-refractivity contribution is 6.05. The van der Waals surface area contributed by atoms with Gasteiger partial charge in [0, 0.05) is 43.9 Å². The van der Waals surface area contributed by atoms with Crippen molar-refractivity contribution in [2.45, 2.75) is 76.0 Å². The molecule has 4 atom stereocenters. The lowest BCUT2D eigenvalue weighted by Gasteiger charge is -2.44. The van der Waals surface area contributed by atoms with Crippen LogP contribution in [0.25, 0.3) is 11.0 Å². The number of fused-ring (bicyclic) bond motifs is 3. The number of rotatable bonds is 8. The Morgan fingerprint density at radius 1 is 1.08 bits per heavy atom. The first-order valence-electron chi connectivity index (χ1n) is 16.5. The number of hydrogen-bond donors (Lipinski definition) is 3. The molecule has 3 aliphatic rings. The number of carbonyl (C=O) groups is 2. The molecule has 4 heterocycles. The Labute approximate surface area is 281 Å². The molecule has 2 amide bonds. The molecule has 0 aliphatic carbocycles. The van der Waals surface area contributed by atoms with E-state index in [0.29, 0.717) is 29.5 Å². The smallest absolute Gasteiger partial charge is 0.406 e. The maximum atomic E-state index is 14.4. The van der Waals surface area contributed by atoms with Gasteiger partial charge >= 0.3 is 6.18 Å². The van der Waals surface area contributed by atoms with Gasteiger partial charge in [-0.2, -0.15) is 13.2 Å². The fourth-order valence-electron chi connectivity index (χ4n) is 7.28. The lowest BCUT2D eigenvalue weighted by Crippen LogP contribution is -2.54. The standard InChI is InChI=1S/C35H40F4N6O4/c1-20-17-44(22-13-23-6-7-24(14-22)49-23)10-8-28(20)43-34(47)26-11-21(12-30-32(26)42-19-45(30)18-35(37,38)39)5-4-9-41-29-15-25(33(46)40-2)27(36)16-31(29)48-3/h11-12,15-16,19-20,22-24,28,41H,6-10,13-14,17-18H2,1-3H3,(H,40,46)(H,43,47)/t20-,22?,23?,24?,28-/m0/s1. The molecule has 2 unspecified atom stereocenters. The van der Waals surface area contributed by atoms with Crippen molar-refractivity contribution < 1.29 is 36.6 Å². The number of hydrogen-bond acceptors (Lipinski definition) is 7. The summed E-state index contributed by atoms with van der Waals surface area (Å²) in [6, 6.07) is 5.77. The Kier molecular flexibility index (Phi) is 10.0. The molecular weight excluding hydrogens is 644 g/mol. The summed E-state index contributed by atoms with van der Waals surface area (Å²) in [5.74, 6) is 4.34. The van der Waals surface area contributed by atoms with E-state index in [9.17, 15) is 27.2 Å². The first-order valence-corrected chi connectivity index (χ1v) is 16.5. The third-order valence-electron chi connectivity index (χ3n) is 9.72. The third-order valence-corrected chi connectivity index (χ3v) is 9.72. The number of piperidine rings is 1. The normalized spacial score (nSPS) is 23.9. The molecule has 262 valence electrons. The number of methoxy groups -OCH3 is 1. The molecule has 0 radical (unpaired) electrons. The average Bonchev–Trinajstić information content (AvgIpc) is 3.63. The van der Waals surface area contributed by atoms with Crippen LogP contribution in [0.1, 0.15) is 65.3 Å². The van der Waals surface area contributed by atoms with E-state index in [0.717, 1.165) is 62.2 Å². The molecule has 3 fully saturated rings. The number of benzene rings is 2. The largest absolute Gasteiger partial charge is 0.494 e. The fraction of sp³-hybridized carbons (Fsp3) is 0.514. The Bertz CT molecular complexity index is 1770. The molecule has 0 spiro atoms. The van der Waals surface area contributed by atoms with Crippen molar-refractivity contribution in [1.82, 2.24) is 25.1 Å². The van der Waals surface area contributed by atoms with Gasteiger partial charge in [0.05, 0.1) is 54.5 Å². The summed E-state index contributed by atoms with van der Waals surface area (Å²) >= 11 is 0. The van der Waals surface area contributed by atoms with E-state index in [1.54, 1.807) is 0 Å². The van der Waals surface area contributed by atoms with Crippen molar-refractivity contribution in [1.29, 1.82) is 0 Å². The molecule has 0 saturated carbocycles. The minimum Gasteiger partial charge on any atom is -0.494 e. The van der Waals surface area contributed by atoms with Crippen LogP contribution in [0.3, 0.4) is 0 Å². The number of nitrogens with zero attached hydrogens (tertiary/aromatic N) is 3. The van der Waals surface area contributed by atoms with E-state index >= 15 is 0 Å². The highest BCUT2D eigenvalue weighted by atomic mass is 19.4. The average molecular weight is 685 g/mol. The minimum absolute atomic E-state index is 0.0151. The zero-order valence-electron chi connectivity index (χ0n) is 27.6. The van der Waals surface area contributed by atoms with E-state index < -0.39 is 30.4 Å². The van der Waals surface area contributed by atoms with E-state index in [2.05, 4.69) is 44.6 Å². The molecule has 3 aliphatic heterocycles. The van der Waals surface area contributed by atoms with E-state index in [-0.39, 0.29) is 46.4 Å². The molecule has 14 heteroatoms. The lowest BCUT2D eigenvalue weighted by molar-refractivity contribution is -0.140. The Morgan fingerprint density at radius 2 is 1.84 bits per heavy atom. The van der Waals surface area contributed by atoms with E-state index in [4.69, 9.17) is 9.47 Å². The number of carbonyl (C=O) groups excluding carboxylic acids is 2. The van der Waals surface area contributed by atoms with Crippen molar-refractivity contribution in [2.24, 2.45) is 5.92 Å². The van der Waals surface area contributed by atoms with Crippen LogP contribution >= 0.6 is 0 Å². The van der Waals surface area contributed by atoms with Crippen molar-refractivity contribution in [3.05, 3.63) is 53.1 Å². The number of amides is 2. The first kappa shape index (κ1) is 34.5. The molecule has 6 rings (SSSR count). The predicted octanol–water partition coefficient (Wildman–Crippen LogP) is 4.72. The molecule has 3 N–H and O–H groups in total. The molecule has 49 heavy (non-hydrogen) atoms. The number of alkyl halides is 3. The number of halogens is 4. The maximum absolute atomic E-state index is 14.4. The monoisotopic (exact) mass is 684 g/mol. The molecule has 1 aromatic heterocycles. The number of aromatic nitrogens is 2. The zero-order chi connectivity index (χ0) is 34.9. The van der Waals surface area contributed by atoms with Crippen LogP contribution in [0.4, 0.5) is 23.2 Å². The second-order valence-electron chi connectivity index (χ2n) is 13.1. The van der Waals surface area contributed by atoms with Gasteiger partial charge in [-0.15, -0.1) is 0 Å². The van der Waals surface area contributed by atoms with Crippen molar-refractivity contribution in [2.75, 3.05) is 39.1 Å². The summed E-state index contributed by atoms with van der Waals surface area (Å²) < 4.78 is 66.9. The summed E-state index contributed by atoms with van der Waals surface area (Å²) in [7, 11) is 2.74. The molecule has 10 nitrogen and oxygen atoms in total. The summed E-state index contributed by atoms with van der Waals surface area (Å²) in [6.45, 7) is 2.54. The van der Waals surface area contributed by atoms with Crippen LogP contribution in [0.2, 0.25) is 0 Å². The molecule has 2 aromatic carbocycles. The molecule has 2 bridgehead atoms. The number of imidazole rings is 1. The Balaban J connectivity index is 1.20. The van der Waals surface area contributed by atoms with Crippen LogP contribution in [0, 0.1) is 23.6 Å². The van der Waals surface area contributed by atoms with Crippen LogP contribution in [-0.4, -0.2) is 90.5 Å². The molecular formula is C35H40F4N6O4. The second kappa shape index (κ2) is 14.2. The van der Waals surface area contributed by atoms with Gasteiger partial charge in [0.15, 0.2) is 0 Å². The Morgan fingerprint density at radius 3 is 2.51 bits per heavy atom. The topological polar surface area (TPSA) is 110 Å².